The molecule has 74 valence electrons. The monoisotopic (exact) mass is 183 g/mol. The molecule has 0 aromatic heterocycles. The van der Waals surface area contributed by atoms with Gasteiger partial charge in [-0.15, -0.1) is 0 Å². The zero-order valence-corrected chi connectivity index (χ0v) is 8.14. The molecule has 0 radical (unpaired) electrons. The third-order valence-electron chi connectivity index (χ3n) is 3.80. The van der Waals surface area contributed by atoms with E-state index in [2.05, 4.69) is 0 Å². The van der Waals surface area contributed by atoms with E-state index in [9.17, 15) is 4.79 Å². The zero-order valence-electron chi connectivity index (χ0n) is 8.14. The zero-order chi connectivity index (χ0) is 9.53. The molecule has 2 fully saturated rings. The molecule has 0 aromatic rings. The number of ether oxygens (including phenoxy) is 1. The van der Waals surface area contributed by atoms with Crippen molar-refractivity contribution < 1.29 is 9.53 Å². The number of carbonyl (C=O) groups is 1. The lowest BCUT2D eigenvalue weighted by Gasteiger charge is -2.25. The number of hydrogen-bond donors (Lipinski definition) is 1. The molecule has 0 unspecified atom stereocenters. The second-order valence-corrected chi connectivity index (χ2v) is 4.48. The van der Waals surface area contributed by atoms with Gasteiger partial charge in [-0.1, -0.05) is 19.3 Å². The standard InChI is InChI=1S/C10H17NO2/c1-13-8(12)10(11)7-9(10)5-3-2-4-6-9/h2-7,11H2,1H3/t10-/m1/s1. The van der Waals surface area contributed by atoms with Gasteiger partial charge in [-0.25, -0.2) is 0 Å². The van der Waals surface area contributed by atoms with Gasteiger partial charge in [0.1, 0.15) is 5.54 Å². The van der Waals surface area contributed by atoms with Crippen LogP contribution >= 0.6 is 0 Å². The van der Waals surface area contributed by atoms with E-state index in [0.29, 0.717) is 0 Å². The number of nitrogens with two attached hydrogens (primary N) is 1. The predicted molar refractivity (Wildman–Crippen MR) is 49.1 cm³/mol. The fourth-order valence-corrected chi connectivity index (χ4v) is 2.81. The third kappa shape index (κ3) is 1.10. The molecule has 0 amide bonds. The van der Waals surface area contributed by atoms with E-state index in [1.165, 1.54) is 26.4 Å². The third-order valence-corrected chi connectivity index (χ3v) is 3.80. The molecular formula is C10H17NO2. The van der Waals surface area contributed by atoms with Crippen molar-refractivity contribution in [1.29, 1.82) is 0 Å². The van der Waals surface area contributed by atoms with Crippen LogP contribution in [0.5, 0.6) is 0 Å². The topological polar surface area (TPSA) is 52.3 Å². The highest BCUT2D eigenvalue weighted by molar-refractivity contribution is 5.86. The first-order valence-corrected chi connectivity index (χ1v) is 5.02. The second kappa shape index (κ2) is 2.71. The number of rotatable bonds is 1. The lowest BCUT2D eigenvalue weighted by Crippen LogP contribution is -2.41. The van der Waals surface area contributed by atoms with Gasteiger partial charge in [0.2, 0.25) is 0 Å². The van der Waals surface area contributed by atoms with Gasteiger partial charge in [0.25, 0.3) is 0 Å². The molecule has 13 heavy (non-hydrogen) atoms. The highest BCUT2D eigenvalue weighted by Crippen LogP contribution is 2.63. The first-order valence-electron chi connectivity index (χ1n) is 5.02. The van der Waals surface area contributed by atoms with Gasteiger partial charge in [0, 0.05) is 5.41 Å². The minimum atomic E-state index is -0.637. The Kier molecular flexibility index (Phi) is 1.88. The molecule has 1 spiro atoms. The van der Waals surface area contributed by atoms with Crippen LogP contribution in [0.3, 0.4) is 0 Å². The van der Waals surface area contributed by atoms with Crippen molar-refractivity contribution in [2.24, 2.45) is 11.1 Å². The molecule has 0 saturated heterocycles. The summed E-state index contributed by atoms with van der Waals surface area (Å²) < 4.78 is 4.74. The maximum Gasteiger partial charge on any atom is 0.326 e. The number of carbonyl (C=O) groups excluding carboxylic acids is 1. The Bertz CT molecular complexity index is 233. The first kappa shape index (κ1) is 9.00. The van der Waals surface area contributed by atoms with Crippen LogP contribution in [-0.2, 0) is 9.53 Å². The summed E-state index contributed by atoms with van der Waals surface area (Å²) in [5, 5.41) is 0. The van der Waals surface area contributed by atoms with Crippen LogP contribution in [0.25, 0.3) is 0 Å². The van der Waals surface area contributed by atoms with Crippen LogP contribution in [0.4, 0.5) is 0 Å². The molecule has 2 aliphatic rings. The smallest absolute Gasteiger partial charge is 0.326 e. The fraction of sp³-hybridized carbons (Fsp3) is 0.900. The van der Waals surface area contributed by atoms with E-state index >= 15 is 0 Å². The summed E-state index contributed by atoms with van der Waals surface area (Å²) in [6.07, 6.45) is 6.79. The van der Waals surface area contributed by atoms with Gasteiger partial charge >= 0.3 is 5.97 Å². The van der Waals surface area contributed by atoms with E-state index in [4.69, 9.17) is 10.5 Å². The van der Waals surface area contributed by atoms with Crippen LogP contribution in [0.2, 0.25) is 0 Å². The summed E-state index contributed by atoms with van der Waals surface area (Å²) in [5.74, 6) is -0.214. The van der Waals surface area contributed by atoms with Crippen LogP contribution < -0.4 is 5.73 Å². The molecule has 3 nitrogen and oxygen atoms in total. The van der Waals surface area contributed by atoms with Gasteiger partial charge < -0.3 is 10.5 Å². The average molecular weight is 183 g/mol. The molecule has 0 heterocycles. The van der Waals surface area contributed by atoms with Crippen molar-refractivity contribution in [3.8, 4) is 0 Å². The maximum atomic E-state index is 11.4. The Morgan fingerprint density at radius 2 is 1.92 bits per heavy atom. The average Bonchev–Trinajstić information content (AvgIpc) is 2.72. The number of esters is 1. The Balaban J connectivity index is 2.09. The van der Waals surface area contributed by atoms with Crippen LogP contribution in [0.15, 0.2) is 0 Å². The van der Waals surface area contributed by atoms with Crippen molar-refractivity contribution in [3.63, 3.8) is 0 Å². The van der Waals surface area contributed by atoms with Gasteiger partial charge in [0.05, 0.1) is 7.11 Å². The quantitative estimate of drug-likeness (QED) is 0.622. The van der Waals surface area contributed by atoms with Crippen LogP contribution in [0, 0.1) is 5.41 Å². The van der Waals surface area contributed by atoms with E-state index in [0.717, 1.165) is 19.3 Å². The molecule has 0 aliphatic heterocycles. The lowest BCUT2D eigenvalue weighted by molar-refractivity contribution is -0.144. The van der Waals surface area contributed by atoms with E-state index in [-0.39, 0.29) is 11.4 Å². The maximum absolute atomic E-state index is 11.4. The Hall–Kier alpha value is -0.570. The van der Waals surface area contributed by atoms with Crippen molar-refractivity contribution >= 4 is 5.97 Å². The van der Waals surface area contributed by atoms with Gasteiger partial charge in [0.15, 0.2) is 0 Å². The molecular weight excluding hydrogens is 166 g/mol. The fourth-order valence-electron chi connectivity index (χ4n) is 2.81. The molecule has 0 aromatic carbocycles. The van der Waals surface area contributed by atoms with Crippen molar-refractivity contribution in [1.82, 2.24) is 0 Å². The molecule has 2 rings (SSSR count). The van der Waals surface area contributed by atoms with Gasteiger partial charge in [-0.2, -0.15) is 0 Å². The predicted octanol–water partition coefficient (Wildman–Crippen LogP) is 1.21. The highest BCUT2D eigenvalue weighted by Gasteiger charge is 2.69. The summed E-state index contributed by atoms with van der Waals surface area (Å²) in [7, 11) is 1.42. The summed E-state index contributed by atoms with van der Waals surface area (Å²) in [6, 6.07) is 0. The van der Waals surface area contributed by atoms with Crippen molar-refractivity contribution in [2.75, 3.05) is 7.11 Å². The van der Waals surface area contributed by atoms with E-state index < -0.39 is 5.54 Å². The molecule has 0 bridgehead atoms. The Morgan fingerprint density at radius 1 is 1.31 bits per heavy atom. The van der Waals surface area contributed by atoms with Crippen molar-refractivity contribution in [2.45, 2.75) is 44.1 Å². The van der Waals surface area contributed by atoms with Crippen molar-refractivity contribution in [3.05, 3.63) is 0 Å². The van der Waals surface area contributed by atoms with E-state index in [1.807, 2.05) is 0 Å². The molecule has 1 atom stereocenters. The summed E-state index contributed by atoms with van der Waals surface area (Å²) in [6.45, 7) is 0. The second-order valence-electron chi connectivity index (χ2n) is 4.48. The highest BCUT2D eigenvalue weighted by atomic mass is 16.5. The van der Waals surface area contributed by atoms with Gasteiger partial charge in [-0.05, 0) is 19.3 Å². The lowest BCUT2D eigenvalue weighted by atomic mass is 9.83. The molecule has 2 saturated carbocycles. The van der Waals surface area contributed by atoms with Crippen LogP contribution in [0.1, 0.15) is 38.5 Å². The van der Waals surface area contributed by atoms with Gasteiger partial charge in [-0.3, -0.25) is 4.79 Å². The SMILES string of the molecule is COC(=O)[C@]1(N)CC12CCCCC2. The molecule has 3 heteroatoms. The minimum absolute atomic E-state index is 0.109. The minimum Gasteiger partial charge on any atom is -0.468 e. The summed E-state index contributed by atoms with van der Waals surface area (Å²) in [5.41, 5.74) is 5.51. The Morgan fingerprint density at radius 3 is 2.46 bits per heavy atom. The Labute approximate surface area is 78.6 Å². The number of hydrogen-bond acceptors (Lipinski definition) is 3. The molecule has 2 N–H and O–H groups in total. The normalized spacial score (nSPS) is 35.8. The summed E-state index contributed by atoms with van der Waals surface area (Å²) in [4.78, 5) is 11.4. The number of methoxy groups -OCH3 is 1. The first-order chi connectivity index (χ1) is 6.15. The van der Waals surface area contributed by atoms with Crippen LogP contribution in [-0.4, -0.2) is 18.6 Å². The largest absolute Gasteiger partial charge is 0.468 e. The summed E-state index contributed by atoms with van der Waals surface area (Å²) >= 11 is 0. The van der Waals surface area contributed by atoms with E-state index in [1.54, 1.807) is 0 Å². The molecule has 2 aliphatic carbocycles.